The van der Waals surface area contributed by atoms with Crippen LogP contribution in [0.1, 0.15) is 24.8 Å². The van der Waals surface area contributed by atoms with Crippen molar-refractivity contribution in [1.82, 2.24) is 0 Å². The number of nitrogens with zero attached hydrogens (tertiary/aromatic N) is 1. The number of ether oxygens (including phenoxy) is 1. The third-order valence-corrected chi connectivity index (χ3v) is 3.06. The zero-order valence-electron chi connectivity index (χ0n) is 9.84. The molecule has 0 spiro atoms. The molecule has 0 amide bonds. The summed E-state index contributed by atoms with van der Waals surface area (Å²) in [6, 6.07) is 3.64. The van der Waals surface area contributed by atoms with Crippen LogP contribution in [0.5, 0.6) is 0 Å². The Morgan fingerprint density at radius 1 is 1.44 bits per heavy atom. The number of non-ortho nitro benzene ring substituents is 1. The molecule has 1 aliphatic rings. The normalized spacial score (nSPS) is 23.2. The number of rotatable bonds is 4. The molecule has 98 valence electrons. The first-order chi connectivity index (χ1) is 8.54. The van der Waals surface area contributed by atoms with Crippen LogP contribution in [-0.2, 0) is 11.3 Å². The minimum absolute atomic E-state index is 0.0716. The van der Waals surface area contributed by atoms with Crippen LogP contribution >= 0.6 is 0 Å². The Bertz CT molecular complexity index is 453. The number of hydrogen-bond acceptors (Lipinski definition) is 4. The van der Waals surface area contributed by atoms with Crippen molar-refractivity contribution >= 4 is 5.69 Å². The Labute approximate surface area is 104 Å². The van der Waals surface area contributed by atoms with Gasteiger partial charge in [-0.15, -0.1) is 0 Å². The van der Waals surface area contributed by atoms with Crippen LogP contribution in [0, 0.1) is 15.9 Å². The van der Waals surface area contributed by atoms with Gasteiger partial charge in [0.15, 0.2) is 0 Å². The summed E-state index contributed by atoms with van der Waals surface area (Å²) in [6.45, 7) is 0.177. The fourth-order valence-electron chi connectivity index (χ4n) is 2.16. The van der Waals surface area contributed by atoms with Gasteiger partial charge in [0.05, 0.1) is 23.7 Å². The number of halogens is 1. The molecule has 2 N–H and O–H groups in total. The lowest BCUT2D eigenvalue weighted by atomic mass is 10.2. The van der Waals surface area contributed by atoms with Gasteiger partial charge in [-0.1, -0.05) is 0 Å². The number of benzene rings is 1. The molecule has 1 aromatic carbocycles. The van der Waals surface area contributed by atoms with Crippen molar-refractivity contribution in [2.24, 2.45) is 5.73 Å². The van der Waals surface area contributed by atoms with E-state index in [0.29, 0.717) is 5.56 Å². The molecule has 0 bridgehead atoms. The quantitative estimate of drug-likeness (QED) is 0.659. The van der Waals surface area contributed by atoms with Gasteiger partial charge in [0.2, 0.25) is 0 Å². The molecular weight excluding hydrogens is 239 g/mol. The number of nitro benzene ring substituents is 1. The molecule has 18 heavy (non-hydrogen) atoms. The molecular formula is C12H15FN2O3. The van der Waals surface area contributed by atoms with E-state index in [1.165, 1.54) is 12.1 Å². The summed E-state index contributed by atoms with van der Waals surface area (Å²) in [7, 11) is 0. The van der Waals surface area contributed by atoms with Crippen molar-refractivity contribution in [2.45, 2.75) is 38.0 Å². The molecule has 1 aliphatic carbocycles. The summed E-state index contributed by atoms with van der Waals surface area (Å²) < 4.78 is 18.8. The molecule has 0 saturated heterocycles. The van der Waals surface area contributed by atoms with Crippen LogP contribution < -0.4 is 5.73 Å². The highest BCUT2D eigenvalue weighted by atomic mass is 19.1. The number of nitrogens with two attached hydrogens (primary N) is 1. The molecule has 1 saturated carbocycles. The van der Waals surface area contributed by atoms with Crippen LogP contribution in [0.4, 0.5) is 10.1 Å². The molecule has 0 aliphatic heterocycles. The molecule has 5 nitrogen and oxygen atoms in total. The third kappa shape index (κ3) is 3.24. The van der Waals surface area contributed by atoms with Gasteiger partial charge in [-0.05, 0) is 30.9 Å². The fraction of sp³-hybridized carbons (Fsp3) is 0.500. The van der Waals surface area contributed by atoms with E-state index in [4.69, 9.17) is 10.5 Å². The van der Waals surface area contributed by atoms with Gasteiger partial charge in [0, 0.05) is 12.1 Å². The largest absolute Gasteiger partial charge is 0.373 e. The third-order valence-electron chi connectivity index (χ3n) is 3.06. The minimum atomic E-state index is -0.620. The van der Waals surface area contributed by atoms with E-state index in [9.17, 15) is 14.5 Å². The lowest BCUT2D eigenvalue weighted by molar-refractivity contribution is -0.385. The zero-order chi connectivity index (χ0) is 13.1. The van der Waals surface area contributed by atoms with Crippen molar-refractivity contribution in [3.05, 3.63) is 39.7 Å². The highest BCUT2D eigenvalue weighted by Gasteiger charge is 2.22. The average molecular weight is 254 g/mol. The van der Waals surface area contributed by atoms with Crippen molar-refractivity contribution in [3.8, 4) is 0 Å². The molecule has 1 fully saturated rings. The monoisotopic (exact) mass is 254 g/mol. The maximum atomic E-state index is 13.2. The highest BCUT2D eigenvalue weighted by molar-refractivity contribution is 5.34. The Balaban J connectivity index is 1.98. The second-order valence-electron chi connectivity index (χ2n) is 4.58. The van der Waals surface area contributed by atoms with Gasteiger partial charge in [-0.25, -0.2) is 4.39 Å². The van der Waals surface area contributed by atoms with E-state index in [1.54, 1.807) is 0 Å². The predicted molar refractivity (Wildman–Crippen MR) is 63.5 cm³/mol. The highest BCUT2D eigenvalue weighted by Crippen LogP contribution is 2.23. The molecule has 2 atom stereocenters. The van der Waals surface area contributed by atoms with Gasteiger partial charge < -0.3 is 10.5 Å². The van der Waals surface area contributed by atoms with Crippen LogP contribution in [-0.4, -0.2) is 17.1 Å². The first-order valence-corrected chi connectivity index (χ1v) is 5.85. The lowest BCUT2D eigenvalue weighted by Crippen LogP contribution is -2.17. The van der Waals surface area contributed by atoms with Crippen LogP contribution in [0.15, 0.2) is 18.2 Å². The summed E-state index contributed by atoms with van der Waals surface area (Å²) in [5.74, 6) is -0.620. The van der Waals surface area contributed by atoms with Gasteiger partial charge in [-0.3, -0.25) is 10.1 Å². The number of nitro groups is 1. The Kier molecular flexibility index (Phi) is 3.88. The van der Waals surface area contributed by atoms with Crippen LogP contribution in [0.2, 0.25) is 0 Å². The zero-order valence-corrected chi connectivity index (χ0v) is 9.84. The van der Waals surface area contributed by atoms with E-state index in [1.807, 2.05) is 0 Å². The van der Waals surface area contributed by atoms with Crippen molar-refractivity contribution in [3.63, 3.8) is 0 Å². The molecule has 0 heterocycles. The van der Waals surface area contributed by atoms with Crippen molar-refractivity contribution in [2.75, 3.05) is 0 Å². The molecule has 2 rings (SSSR count). The first-order valence-electron chi connectivity index (χ1n) is 5.85. The SMILES string of the molecule is NC1CCC(OCc2cc(F)cc([N+](=O)[O-])c2)C1. The van der Waals surface area contributed by atoms with E-state index >= 15 is 0 Å². The van der Waals surface area contributed by atoms with E-state index in [-0.39, 0.29) is 24.4 Å². The van der Waals surface area contributed by atoms with E-state index < -0.39 is 10.7 Å². The summed E-state index contributed by atoms with van der Waals surface area (Å²) in [5.41, 5.74) is 5.97. The molecule has 6 heteroatoms. The van der Waals surface area contributed by atoms with E-state index in [0.717, 1.165) is 25.3 Å². The maximum absolute atomic E-state index is 13.2. The second-order valence-corrected chi connectivity index (χ2v) is 4.58. The van der Waals surface area contributed by atoms with Gasteiger partial charge in [0.25, 0.3) is 5.69 Å². The van der Waals surface area contributed by atoms with Gasteiger partial charge in [-0.2, -0.15) is 0 Å². The Morgan fingerprint density at radius 3 is 2.83 bits per heavy atom. The Morgan fingerprint density at radius 2 is 2.22 bits per heavy atom. The summed E-state index contributed by atoms with van der Waals surface area (Å²) >= 11 is 0. The molecule has 2 unspecified atom stereocenters. The summed E-state index contributed by atoms with van der Waals surface area (Å²) in [5, 5.41) is 10.6. The Hall–Kier alpha value is -1.53. The molecule has 0 aromatic heterocycles. The smallest absolute Gasteiger partial charge is 0.272 e. The van der Waals surface area contributed by atoms with Crippen molar-refractivity contribution in [1.29, 1.82) is 0 Å². The van der Waals surface area contributed by atoms with E-state index in [2.05, 4.69) is 0 Å². The number of hydrogen-bond donors (Lipinski definition) is 1. The molecule has 0 radical (unpaired) electrons. The fourth-order valence-corrected chi connectivity index (χ4v) is 2.16. The second kappa shape index (κ2) is 5.41. The van der Waals surface area contributed by atoms with Crippen molar-refractivity contribution < 1.29 is 14.1 Å². The maximum Gasteiger partial charge on any atom is 0.272 e. The van der Waals surface area contributed by atoms with Gasteiger partial charge in [0.1, 0.15) is 5.82 Å². The minimum Gasteiger partial charge on any atom is -0.373 e. The predicted octanol–water partition coefficient (Wildman–Crippen LogP) is 2.13. The van der Waals surface area contributed by atoms with Gasteiger partial charge >= 0.3 is 0 Å². The summed E-state index contributed by atoms with van der Waals surface area (Å²) in [4.78, 5) is 9.98. The average Bonchev–Trinajstić information content (AvgIpc) is 2.72. The standard InChI is InChI=1S/C12H15FN2O3/c13-9-3-8(4-11(5-9)15(16)17)7-18-12-2-1-10(14)6-12/h3-5,10,12H,1-2,6-7,14H2. The lowest BCUT2D eigenvalue weighted by Gasteiger charge is -2.11. The molecule has 1 aromatic rings. The van der Waals surface area contributed by atoms with Crippen LogP contribution in [0.25, 0.3) is 0 Å². The summed E-state index contributed by atoms with van der Waals surface area (Å²) in [6.07, 6.45) is 2.67. The first kappa shape index (κ1) is 12.9. The topological polar surface area (TPSA) is 78.4 Å². The van der Waals surface area contributed by atoms with Crippen LogP contribution in [0.3, 0.4) is 0 Å².